The normalized spacial score (nSPS) is 13.3. The van der Waals surface area contributed by atoms with Gasteiger partial charge in [0.15, 0.2) is 0 Å². The van der Waals surface area contributed by atoms with E-state index < -0.39 is 11.6 Å². The number of methoxy groups -OCH3 is 1. The third-order valence-corrected chi connectivity index (χ3v) is 4.39. The molecule has 1 aromatic heterocycles. The Morgan fingerprint density at radius 2 is 2.00 bits per heavy atom. The number of hydrogen-bond donors (Lipinski definition) is 2. The van der Waals surface area contributed by atoms with Gasteiger partial charge in [0.25, 0.3) is 0 Å². The van der Waals surface area contributed by atoms with E-state index in [9.17, 15) is 9.90 Å². The molecule has 9 heteroatoms. The van der Waals surface area contributed by atoms with Crippen molar-refractivity contribution in [2.45, 2.75) is 45.1 Å². The van der Waals surface area contributed by atoms with Crippen LogP contribution in [-0.4, -0.2) is 57.1 Å². The molecule has 0 saturated heterocycles. The highest BCUT2D eigenvalue weighted by Gasteiger charge is 2.21. The van der Waals surface area contributed by atoms with Crippen LogP contribution in [-0.2, 0) is 34.0 Å². The zero-order chi connectivity index (χ0) is 21.8. The topological polar surface area (TPSA) is 116 Å². The average Bonchev–Trinajstić information content (AvgIpc) is 3.24. The molecule has 1 heterocycles. The van der Waals surface area contributed by atoms with Crippen molar-refractivity contribution in [2.24, 2.45) is 0 Å². The molecular formula is C21H29N3O6. The number of aryl methyl sites for hydroxylation is 1. The minimum absolute atomic E-state index is 0.138. The van der Waals surface area contributed by atoms with E-state index in [1.165, 1.54) is 12.2 Å². The molecule has 0 saturated carbocycles. The number of esters is 1. The molecule has 164 valence electrons. The van der Waals surface area contributed by atoms with Gasteiger partial charge in [0.1, 0.15) is 17.0 Å². The van der Waals surface area contributed by atoms with Crippen LogP contribution in [0, 0.1) is 0 Å². The Bertz CT molecular complexity index is 805. The van der Waals surface area contributed by atoms with Crippen molar-refractivity contribution in [2.75, 3.05) is 20.3 Å². The predicted octanol–water partition coefficient (Wildman–Crippen LogP) is 1.63. The highest BCUT2D eigenvalue weighted by molar-refractivity contribution is 5.82. The lowest BCUT2D eigenvalue weighted by atomic mass is 10.1. The van der Waals surface area contributed by atoms with Crippen LogP contribution >= 0.6 is 0 Å². The van der Waals surface area contributed by atoms with Crippen LogP contribution in [0.25, 0.3) is 0 Å². The predicted molar refractivity (Wildman–Crippen MR) is 109 cm³/mol. The second-order valence-electron chi connectivity index (χ2n) is 6.95. The van der Waals surface area contributed by atoms with Gasteiger partial charge in [-0.05, 0) is 43.5 Å². The first-order valence-corrected chi connectivity index (χ1v) is 9.71. The van der Waals surface area contributed by atoms with E-state index in [-0.39, 0.29) is 26.4 Å². The van der Waals surface area contributed by atoms with E-state index in [0.717, 1.165) is 17.7 Å². The minimum Gasteiger partial charge on any atom is -0.497 e. The fourth-order valence-corrected chi connectivity index (χ4v) is 2.48. The van der Waals surface area contributed by atoms with Gasteiger partial charge in [0, 0.05) is 12.6 Å². The Hall–Kier alpha value is -2.75. The fraction of sp³-hybridized carbons (Fsp3) is 0.476. The summed E-state index contributed by atoms with van der Waals surface area (Å²) in [4.78, 5) is 11.9. The summed E-state index contributed by atoms with van der Waals surface area (Å²) in [7, 11) is 1.60. The molecular weight excluding hydrogens is 390 g/mol. The molecule has 0 fully saturated rings. The molecule has 2 aromatic rings. The van der Waals surface area contributed by atoms with E-state index in [1.54, 1.807) is 24.9 Å². The largest absolute Gasteiger partial charge is 0.497 e. The van der Waals surface area contributed by atoms with Gasteiger partial charge in [-0.15, -0.1) is 5.10 Å². The number of hydrogen-bond acceptors (Lipinski definition) is 8. The summed E-state index contributed by atoms with van der Waals surface area (Å²) in [5, 5.41) is 26.3. The van der Waals surface area contributed by atoms with Gasteiger partial charge in [-0.25, -0.2) is 4.79 Å². The lowest BCUT2D eigenvalue weighted by Gasteiger charge is -2.24. The van der Waals surface area contributed by atoms with Crippen LogP contribution in [0.4, 0.5) is 0 Å². The van der Waals surface area contributed by atoms with E-state index in [4.69, 9.17) is 19.3 Å². The van der Waals surface area contributed by atoms with E-state index in [0.29, 0.717) is 18.7 Å². The molecule has 2 N–H and O–H groups in total. The smallest absolute Gasteiger partial charge is 0.330 e. The fourth-order valence-electron chi connectivity index (χ4n) is 2.48. The first-order valence-electron chi connectivity index (χ1n) is 9.71. The highest BCUT2D eigenvalue weighted by Crippen LogP contribution is 2.17. The maximum absolute atomic E-state index is 11.9. The van der Waals surface area contributed by atoms with Crippen LogP contribution in [0.1, 0.15) is 31.0 Å². The number of rotatable bonds is 13. The molecule has 9 nitrogen and oxygen atoms in total. The highest BCUT2D eigenvalue weighted by atomic mass is 16.5. The maximum Gasteiger partial charge on any atom is 0.330 e. The van der Waals surface area contributed by atoms with Crippen LogP contribution < -0.4 is 4.74 Å². The Morgan fingerprint density at radius 1 is 1.23 bits per heavy atom. The average molecular weight is 419 g/mol. The van der Waals surface area contributed by atoms with Crippen LogP contribution in [0.5, 0.6) is 5.75 Å². The van der Waals surface area contributed by atoms with Gasteiger partial charge in [-0.1, -0.05) is 17.3 Å². The van der Waals surface area contributed by atoms with Gasteiger partial charge >= 0.3 is 5.97 Å². The molecule has 0 radical (unpaired) electrons. The first kappa shape index (κ1) is 23.5. The Balaban J connectivity index is 1.69. The molecule has 0 amide bonds. The number of aliphatic hydroxyl groups excluding tert-OH is 2. The van der Waals surface area contributed by atoms with Crippen molar-refractivity contribution in [3.8, 4) is 5.75 Å². The molecule has 0 aliphatic carbocycles. The number of aromatic nitrogens is 3. The van der Waals surface area contributed by atoms with Crippen molar-refractivity contribution >= 4 is 5.97 Å². The SMILES string of the molecule is COc1ccc(COC(C)(/C=C/C(=O)OCCCCn2cc(CO)nn2)CO)cc1. The van der Waals surface area contributed by atoms with E-state index in [1.807, 2.05) is 24.3 Å². The summed E-state index contributed by atoms with van der Waals surface area (Å²) in [6.45, 7) is 2.45. The maximum atomic E-state index is 11.9. The van der Waals surface area contributed by atoms with Gasteiger partial charge in [-0.2, -0.15) is 0 Å². The van der Waals surface area contributed by atoms with Gasteiger partial charge in [-0.3, -0.25) is 4.68 Å². The van der Waals surface area contributed by atoms with E-state index in [2.05, 4.69) is 10.3 Å². The number of benzene rings is 1. The Kier molecular flexibility index (Phi) is 9.46. The van der Waals surface area contributed by atoms with Crippen molar-refractivity contribution in [1.29, 1.82) is 0 Å². The van der Waals surface area contributed by atoms with Crippen LogP contribution in [0.2, 0.25) is 0 Å². The van der Waals surface area contributed by atoms with Gasteiger partial charge < -0.3 is 24.4 Å². The lowest BCUT2D eigenvalue weighted by Crippen LogP contribution is -2.31. The summed E-state index contributed by atoms with van der Waals surface area (Å²) in [5.41, 5.74) is 0.439. The number of nitrogens with zero attached hydrogens (tertiary/aromatic N) is 3. The van der Waals surface area contributed by atoms with Gasteiger partial charge in [0.05, 0.1) is 39.7 Å². The van der Waals surface area contributed by atoms with Crippen LogP contribution in [0.15, 0.2) is 42.6 Å². The summed E-state index contributed by atoms with van der Waals surface area (Å²) in [5.74, 6) is 0.258. The first-order chi connectivity index (χ1) is 14.5. The number of unbranched alkanes of at least 4 members (excludes halogenated alkanes) is 1. The molecule has 1 aromatic carbocycles. The standard InChI is InChI=1S/C21H29N3O6/c1-21(16-26,30-15-17-5-7-19(28-2)8-6-17)10-9-20(27)29-12-4-3-11-24-13-18(14-25)22-23-24/h5-10,13,25-26H,3-4,11-12,14-16H2,1-2H3/b10-9+. The molecule has 0 aliphatic rings. The van der Waals surface area contributed by atoms with Crippen molar-refractivity contribution in [1.82, 2.24) is 15.0 Å². The van der Waals surface area contributed by atoms with Crippen molar-refractivity contribution < 1.29 is 29.2 Å². The van der Waals surface area contributed by atoms with Gasteiger partial charge in [0.2, 0.25) is 0 Å². The Morgan fingerprint density at radius 3 is 2.63 bits per heavy atom. The third kappa shape index (κ3) is 7.94. The molecule has 0 spiro atoms. The summed E-state index contributed by atoms with van der Waals surface area (Å²) in [6, 6.07) is 7.41. The summed E-state index contributed by atoms with van der Waals surface area (Å²) in [6.07, 6.45) is 5.87. The third-order valence-electron chi connectivity index (χ3n) is 4.39. The zero-order valence-electron chi connectivity index (χ0n) is 17.4. The number of aliphatic hydroxyl groups is 2. The number of carbonyl (C=O) groups is 1. The molecule has 0 bridgehead atoms. The van der Waals surface area contributed by atoms with Crippen LogP contribution in [0.3, 0.4) is 0 Å². The summed E-state index contributed by atoms with van der Waals surface area (Å²) < 4.78 is 17.7. The zero-order valence-corrected chi connectivity index (χ0v) is 17.4. The quantitative estimate of drug-likeness (QED) is 0.286. The number of ether oxygens (including phenoxy) is 3. The molecule has 0 aliphatic heterocycles. The molecule has 2 rings (SSSR count). The van der Waals surface area contributed by atoms with E-state index >= 15 is 0 Å². The number of carbonyl (C=O) groups excluding carboxylic acids is 1. The molecule has 30 heavy (non-hydrogen) atoms. The lowest BCUT2D eigenvalue weighted by molar-refractivity contribution is -0.138. The Labute approximate surface area is 175 Å². The second-order valence-corrected chi connectivity index (χ2v) is 6.95. The second kappa shape index (κ2) is 12.1. The molecule has 1 unspecified atom stereocenters. The monoisotopic (exact) mass is 419 g/mol. The summed E-state index contributed by atoms with van der Waals surface area (Å²) >= 11 is 0. The minimum atomic E-state index is -1.00. The molecule has 1 atom stereocenters. The van der Waals surface area contributed by atoms with Crippen molar-refractivity contribution in [3.63, 3.8) is 0 Å². The van der Waals surface area contributed by atoms with Crippen molar-refractivity contribution in [3.05, 3.63) is 53.9 Å².